The third kappa shape index (κ3) is 4.55. The van der Waals surface area contributed by atoms with Crippen LogP contribution in [0.4, 0.5) is 5.13 Å². The van der Waals surface area contributed by atoms with Gasteiger partial charge in [-0.3, -0.25) is 4.79 Å². The molecule has 0 saturated carbocycles. The van der Waals surface area contributed by atoms with Crippen molar-refractivity contribution in [1.29, 1.82) is 0 Å². The van der Waals surface area contributed by atoms with Crippen molar-refractivity contribution in [2.75, 3.05) is 5.32 Å². The Bertz CT molecular complexity index is 1410. The van der Waals surface area contributed by atoms with Gasteiger partial charge in [0, 0.05) is 21.4 Å². The number of amides is 1. The predicted molar refractivity (Wildman–Crippen MR) is 139 cm³/mol. The molecule has 1 N–H and O–H groups in total. The van der Waals surface area contributed by atoms with Crippen LogP contribution >= 0.6 is 34.4 Å². The molecule has 1 atom stereocenters. The molecule has 0 saturated heterocycles. The van der Waals surface area contributed by atoms with Crippen molar-refractivity contribution < 1.29 is 4.79 Å². The van der Waals surface area contributed by atoms with E-state index in [1.807, 2.05) is 60.8 Å². The summed E-state index contributed by atoms with van der Waals surface area (Å²) in [5.74, 6) is -0.103. The van der Waals surface area contributed by atoms with E-state index in [9.17, 15) is 4.79 Å². The zero-order valence-corrected chi connectivity index (χ0v) is 20.4. The van der Waals surface area contributed by atoms with Gasteiger partial charge in [-0.1, -0.05) is 72.4 Å². The first-order chi connectivity index (χ1) is 16.1. The van der Waals surface area contributed by atoms with Gasteiger partial charge in [-0.15, -0.1) is 22.7 Å². The Kier molecular flexibility index (Phi) is 6.22. The number of hydrogen-bond donors (Lipinski definition) is 1. The summed E-state index contributed by atoms with van der Waals surface area (Å²) in [6.07, 6.45) is 1.58. The number of fused-ring (bicyclic) bond motifs is 1. The highest BCUT2D eigenvalue weighted by molar-refractivity contribution is 8.00. The lowest BCUT2D eigenvalue weighted by Crippen LogP contribution is -2.22. The number of benzene rings is 2. The van der Waals surface area contributed by atoms with Gasteiger partial charge >= 0.3 is 0 Å². The molecule has 164 valence electrons. The number of nitrogens with zero attached hydrogens (tertiary/aromatic N) is 3. The van der Waals surface area contributed by atoms with Gasteiger partial charge in [0.2, 0.25) is 5.91 Å². The first kappa shape index (κ1) is 21.8. The van der Waals surface area contributed by atoms with Crippen LogP contribution < -0.4 is 5.32 Å². The summed E-state index contributed by atoms with van der Waals surface area (Å²) in [5, 5.41) is 6.98. The molecule has 2 aromatic carbocycles. The second-order valence-electron chi connectivity index (χ2n) is 7.41. The Morgan fingerprint density at radius 1 is 1.00 bits per heavy atom. The lowest BCUT2D eigenvalue weighted by atomic mass is 10.0. The Balaban J connectivity index is 1.38. The smallest absolute Gasteiger partial charge is 0.239 e. The van der Waals surface area contributed by atoms with E-state index in [-0.39, 0.29) is 11.2 Å². The second-order valence-corrected chi connectivity index (χ2v) is 10.8. The highest BCUT2D eigenvalue weighted by Gasteiger charge is 2.22. The minimum atomic E-state index is -0.351. The molecule has 1 unspecified atom stereocenters. The summed E-state index contributed by atoms with van der Waals surface area (Å²) in [7, 11) is 0. The van der Waals surface area contributed by atoms with Crippen LogP contribution in [0.3, 0.4) is 0 Å². The fraction of sp³-hybridized carbons (Fsp3) is 0.120. The molecule has 5 nitrogen and oxygen atoms in total. The predicted octanol–water partition coefficient (Wildman–Crippen LogP) is 6.91. The average Bonchev–Trinajstić information content (AvgIpc) is 3.44. The number of thioether (sulfide) groups is 1. The van der Waals surface area contributed by atoms with E-state index in [2.05, 4.69) is 39.3 Å². The molecule has 3 aromatic heterocycles. The fourth-order valence-electron chi connectivity index (χ4n) is 3.56. The van der Waals surface area contributed by atoms with Crippen LogP contribution in [0.2, 0.25) is 0 Å². The number of anilines is 1. The first-order valence-corrected chi connectivity index (χ1v) is 13.0. The molecule has 5 rings (SSSR count). The highest BCUT2D eigenvalue weighted by Crippen LogP contribution is 2.42. The normalized spacial score (nSPS) is 12.1. The average molecular weight is 489 g/mol. The van der Waals surface area contributed by atoms with Crippen LogP contribution in [-0.4, -0.2) is 26.1 Å². The molecular weight excluding hydrogens is 469 g/mol. The molecule has 8 heteroatoms. The number of nitrogens with one attached hydrogen (secondary N) is 1. The van der Waals surface area contributed by atoms with E-state index in [0.717, 1.165) is 37.6 Å². The molecule has 3 heterocycles. The Hall–Kier alpha value is -3.07. The molecular formula is C25H20N4OS3. The number of carbonyl (C=O) groups excluding carboxylic acids is 1. The van der Waals surface area contributed by atoms with E-state index >= 15 is 0 Å². The Morgan fingerprint density at radius 3 is 2.42 bits per heavy atom. The summed E-state index contributed by atoms with van der Waals surface area (Å²) >= 11 is 4.53. The summed E-state index contributed by atoms with van der Waals surface area (Å²) in [5.41, 5.74) is 4.15. The number of thiophene rings is 1. The number of rotatable bonds is 6. The number of aromatic nitrogens is 3. The minimum Gasteiger partial charge on any atom is -0.301 e. The number of carbonyl (C=O) groups is 1. The second kappa shape index (κ2) is 9.43. The topological polar surface area (TPSA) is 67.8 Å². The summed E-state index contributed by atoms with van der Waals surface area (Å²) in [6, 6.07) is 20.2. The lowest BCUT2D eigenvalue weighted by Gasteiger charge is -2.11. The highest BCUT2D eigenvalue weighted by atomic mass is 32.2. The van der Waals surface area contributed by atoms with Gasteiger partial charge in [0.05, 0.1) is 16.3 Å². The molecule has 33 heavy (non-hydrogen) atoms. The van der Waals surface area contributed by atoms with Crippen LogP contribution in [0.5, 0.6) is 0 Å². The first-order valence-electron chi connectivity index (χ1n) is 10.4. The molecule has 0 radical (unpaired) electrons. The molecule has 5 aromatic rings. The van der Waals surface area contributed by atoms with Crippen LogP contribution in [0.25, 0.3) is 32.6 Å². The monoisotopic (exact) mass is 488 g/mol. The molecule has 1 amide bonds. The van der Waals surface area contributed by atoms with Gasteiger partial charge in [0.15, 0.2) is 5.13 Å². The zero-order chi connectivity index (χ0) is 22.8. The number of thiazole rings is 1. The third-order valence-corrected chi connectivity index (χ3v) is 8.02. The summed E-state index contributed by atoms with van der Waals surface area (Å²) < 4.78 is 0. The maximum Gasteiger partial charge on any atom is 0.239 e. The van der Waals surface area contributed by atoms with Crippen molar-refractivity contribution in [3.05, 3.63) is 77.2 Å². The maximum atomic E-state index is 13.0. The Morgan fingerprint density at radius 2 is 1.70 bits per heavy atom. The van der Waals surface area contributed by atoms with Gasteiger partial charge in [-0.2, -0.15) is 0 Å². The molecule has 0 aliphatic carbocycles. The van der Waals surface area contributed by atoms with Crippen molar-refractivity contribution in [2.24, 2.45) is 0 Å². The molecule has 0 aliphatic rings. The van der Waals surface area contributed by atoms with Crippen molar-refractivity contribution >= 4 is 55.7 Å². The van der Waals surface area contributed by atoms with Crippen molar-refractivity contribution in [3.8, 4) is 22.4 Å². The molecule has 0 aliphatic heterocycles. The maximum absolute atomic E-state index is 13.0. The van der Waals surface area contributed by atoms with Crippen molar-refractivity contribution in [2.45, 2.75) is 24.1 Å². The van der Waals surface area contributed by atoms with Gasteiger partial charge in [0.1, 0.15) is 16.2 Å². The standard InChI is InChI=1S/C25H20N4OS3/c1-15-20(18-11-7-4-8-12-18)21-23(32-15)26-14-27-24(21)33-16(2)22(30)29-25-28-19(13-31-25)17-9-5-3-6-10-17/h3-14,16H,1-2H3,(H,28,29,30). The largest absolute Gasteiger partial charge is 0.301 e. The summed E-state index contributed by atoms with van der Waals surface area (Å²) in [6.45, 7) is 3.99. The summed E-state index contributed by atoms with van der Waals surface area (Å²) in [4.78, 5) is 28.7. The van der Waals surface area contributed by atoms with Crippen molar-refractivity contribution in [1.82, 2.24) is 15.0 Å². The molecule has 0 fully saturated rings. The van der Waals surface area contributed by atoms with Gasteiger partial charge < -0.3 is 5.32 Å². The van der Waals surface area contributed by atoms with E-state index < -0.39 is 0 Å². The van der Waals surface area contributed by atoms with Gasteiger partial charge in [-0.05, 0) is 19.4 Å². The quantitative estimate of drug-likeness (QED) is 0.208. The lowest BCUT2D eigenvalue weighted by molar-refractivity contribution is -0.115. The van der Waals surface area contributed by atoms with Gasteiger partial charge in [0.25, 0.3) is 0 Å². The number of aryl methyl sites for hydroxylation is 1. The van der Waals surface area contributed by atoms with E-state index in [1.165, 1.54) is 28.0 Å². The molecule has 0 spiro atoms. The minimum absolute atomic E-state index is 0.103. The zero-order valence-electron chi connectivity index (χ0n) is 18.0. The van der Waals surface area contributed by atoms with E-state index in [4.69, 9.17) is 0 Å². The van der Waals surface area contributed by atoms with Crippen LogP contribution in [-0.2, 0) is 4.79 Å². The van der Waals surface area contributed by atoms with Gasteiger partial charge in [-0.25, -0.2) is 15.0 Å². The van der Waals surface area contributed by atoms with Crippen LogP contribution in [0.1, 0.15) is 11.8 Å². The Labute approximate surface area is 204 Å². The van der Waals surface area contributed by atoms with Crippen LogP contribution in [0, 0.1) is 6.92 Å². The number of hydrogen-bond acceptors (Lipinski definition) is 7. The van der Waals surface area contributed by atoms with Crippen molar-refractivity contribution in [3.63, 3.8) is 0 Å². The fourth-order valence-corrected chi connectivity index (χ4v) is 6.29. The van der Waals surface area contributed by atoms with E-state index in [0.29, 0.717) is 5.13 Å². The third-order valence-electron chi connectivity index (χ3n) is 5.15. The SMILES string of the molecule is Cc1sc2ncnc(SC(C)C(=O)Nc3nc(-c4ccccc4)cs3)c2c1-c1ccccc1. The van der Waals surface area contributed by atoms with Crippen LogP contribution in [0.15, 0.2) is 77.4 Å². The molecule has 0 bridgehead atoms. The van der Waals surface area contributed by atoms with E-state index in [1.54, 1.807) is 17.7 Å².